The van der Waals surface area contributed by atoms with Crippen molar-refractivity contribution in [3.05, 3.63) is 33.8 Å². The van der Waals surface area contributed by atoms with E-state index in [1.807, 2.05) is 6.07 Å². The van der Waals surface area contributed by atoms with Gasteiger partial charge in [0.15, 0.2) is 0 Å². The highest BCUT2D eigenvalue weighted by atomic mass is 79.9. The molecule has 0 aliphatic heterocycles. The third-order valence-electron chi connectivity index (χ3n) is 2.81. The molecule has 0 radical (unpaired) electrons. The Bertz CT molecular complexity index is 404. The molecule has 0 aromatic heterocycles. The number of hydrogen-bond donors (Lipinski definition) is 1. The molecule has 0 atom stereocenters. The Morgan fingerprint density at radius 2 is 2.12 bits per heavy atom. The largest absolute Gasteiger partial charge is 0.478 e. The maximum atomic E-state index is 10.8. The van der Waals surface area contributed by atoms with Crippen molar-refractivity contribution in [1.29, 1.82) is 0 Å². The molecule has 1 N–H and O–H groups in total. The zero-order valence-electron chi connectivity index (χ0n) is 10.4. The van der Waals surface area contributed by atoms with Crippen LogP contribution in [0.1, 0.15) is 36.7 Å². The molecule has 0 saturated heterocycles. The quantitative estimate of drug-likeness (QED) is 0.906. The summed E-state index contributed by atoms with van der Waals surface area (Å²) in [4.78, 5) is 13.1. The van der Waals surface area contributed by atoms with Crippen LogP contribution in [0.5, 0.6) is 0 Å². The van der Waals surface area contributed by atoms with Crippen LogP contribution < -0.4 is 0 Å². The summed E-state index contributed by atoms with van der Waals surface area (Å²) < 4.78 is 0.858. The number of benzene rings is 1. The van der Waals surface area contributed by atoms with Gasteiger partial charge >= 0.3 is 5.97 Å². The van der Waals surface area contributed by atoms with E-state index in [-0.39, 0.29) is 0 Å². The van der Waals surface area contributed by atoms with E-state index in [1.165, 1.54) is 0 Å². The van der Waals surface area contributed by atoms with Gasteiger partial charge in [0.2, 0.25) is 0 Å². The predicted molar refractivity (Wildman–Crippen MR) is 72.3 cm³/mol. The number of halogens is 1. The standard InChI is InChI=1S/C13H18BrNO2/c1-4-15(9(2)3)8-11-6-5-10(13(16)17)7-12(11)14/h5-7,9H,4,8H2,1-3H3,(H,16,17). The molecule has 0 aliphatic rings. The monoisotopic (exact) mass is 299 g/mol. The highest BCUT2D eigenvalue weighted by molar-refractivity contribution is 9.10. The summed E-state index contributed by atoms with van der Waals surface area (Å²) in [6, 6.07) is 5.66. The summed E-state index contributed by atoms with van der Waals surface area (Å²) in [6.07, 6.45) is 0. The number of hydrogen-bond acceptors (Lipinski definition) is 2. The van der Waals surface area contributed by atoms with Crippen LogP contribution in [0.25, 0.3) is 0 Å². The molecule has 0 heterocycles. The Hall–Kier alpha value is -0.870. The number of carboxylic acids is 1. The first-order valence-corrected chi connectivity index (χ1v) is 6.50. The second-order valence-corrected chi connectivity index (χ2v) is 5.12. The lowest BCUT2D eigenvalue weighted by Gasteiger charge is -2.25. The van der Waals surface area contributed by atoms with E-state index in [4.69, 9.17) is 5.11 Å². The zero-order chi connectivity index (χ0) is 13.0. The molecule has 1 aromatic rings. The van der Waals surface area contributed by atoms with Gasteiger partial charge in [-0.25, -0.2) is 4.79 Å². The van der Waals surface area contributed by atoms with E-state index in [9.17, 15) is 4.79 Å². The van der Waals surface area contributed by atoms with Crippen LogP contribution in [0.2, 0.25) is 0 Å². The highest BCUT2D eigenvalue weighted by Crippen LogP contribution is 2.21. The molecule has 17 heavy (non-hydrogen) atoms. The zero-order valence-corrected chi connectivity index (χ0v) is 12.0. The molecule has 0 spiro atoms. The van der Waals surface area contributed by atoms with Gasteiger partial charge in [0.05, 0.1) is 5.56 Å². The van der Waals surface area contributed by atoms with Crippen molar-refractivity contribution in [2.75, 3.05) is 6.54 Å². The second-order valence-electron chi connectivity index (χ2n) is 4.27. The van der Waals surface area contributed by atoms with Crippen LogP contribution >= 0.6 is 15.9 Å². The molecule has 0 saturated carbocycles. The maximum absolute atomic E-state index is 10.8. The van der Waals surface area contributed by atoms with Crippen molar-refractivity contribution in [2.45, 2.75) is 33.4 Å². The van der Waals surface area contributed by atoms with E-state index in [2.05, 4.69) is 41.6 Å². The molecule has 0 amide bonds. The van der Waals surface area contributed by atoms with Gasteiger partial charge in [-0.1, -0.05) is 28.9 Å². The minimum atomic E-state index is -0.895. The number of carboxylic acid groups (broad SMARTS) is 1. The molecule has 0 aliphatic carbocycles. The van der Waals surface area contributed by atoms with Crippen molar-refractivity contribution >= 4 is 21.9 Å². The first-order valence-electron chi connectivity index (χ1n) is 5.71. The SMILES string of the molecule is CCN(Cc1ccc(C(=O)O)cc1Br)C(C)C. The molecule has 1 aromatic carbocycles. The second kappa shape index (κ2) is 6.17. The van der Waals surface area contributed by atoms with Crippen molar-refractivity contribution < 1.29 is 9.90 Å². The van der Waals surface area contributed by atoms with Gasteiger partial charge in [0.25, 0.3) is 0 Å². The Balaban J connectivity index is 2.89. The van der Waals surface area contributed by atoms with Crippen LogP contribution in [-0.2, 0) is 6.54 Å². The predicted octanol–water partition coefficient (Wildman–Crippen LogP) is 3.38. The van der Waals surface area contributed by atoms with Crippen LogP contribution in [0.3, 0.4) is 0 Å². The van der Waals surface area contributed by atoms with Crippen molar-refractivity contribution in [1.82, 2.24) is 4.90 Å². The Morgan fingerprint density at radius 1 is 1.47 bits per heavy atom. The lowest BCUT2D eigenvalue weighted by atomic mass is 10.1. The van der Waals surface area contributed by atoms with Gasteiger partial charge in [-0.2, -0.15) is 0 Å². The molecular weight excluding hydrogens is 282 g/mol. The summed E-state index contributed by atoms with van der Waals surface area (Å²) in [5, 5.41) is 8.89. The summed E-state index contributed by atoms with van der Waals surface area (Å²) in [6.45, 7) is 8.24. The number of rotatable bonds is 5. The Kier molecular flexibility index (Phi) is 5.15. The van der Waals surface area contributed by atoms with Gasteiger partial charge in [0.1, 0.15) is 0 Å². The number of carbonyl (C=O) groups is 1. The molecule has 3 nitrogen and oxygen atoms in total. The van der Waals surface area contributed by atoms with Crippen LogP contribution in [-0.4, -0.2) is 28.6 Å². The Labute approximate surface area is 111 Å². The summed E-state index contributed by atoms with van der Waals surface area (Å²) in [5.74, 6) is -0.895. The van der Waals surface area contributed by atoms with Crippen LogP contribution in [0, 0.1) is 0 Å². The number of aromatic carboxylic acids is 1. The van der Waals surface area contributed by atoms with Crippen LogP contribution in [0.15, 0.2) is 22.7 Å². The molecule has 4 heteroatoms. The van der Waals surface area contributed by atoms with Gasteiger partial charge in [-0.15, -0.1) is 0 Å². The normalized spacial score (nSPS) is 11.2. The minimum absolute atomic E-state index is 0.313. The van der Waals surface area contributed by atoms with E-state index in [0.717, 1.165) is 23.1 Å². The smallest absolute Gasteiger partial charge is 0.335 e. The maximum Gasteiger partial charge on any atom is 0.335 e. The summed E-state index contributed by atoms with van der Waals surface area (Å²) in [5.41, 5.74) is 1.43. The molecular formula is C13H18BrNO2. The highest BCUT2D eigenvalue weighted by Gasteiger charge is 2.11. The van der Waals surface area contributed by atoms with E-state index in [1.54, 1.807) is 12.1 Å². The molecule has 0 fully saturated rings. The molecule has 0 unspecified atom stereocenters. The van der Waals surface area contributed by atoms with E-state index in [0.29, 0.717) is 11.6 Å². The molecule has 94 valence electrons. The van der Waals surface area contributed by atoms with Crippen molar-refractivity contribution in [3.63, 3.8) is 0 Å². The van der Waals surface area contributed by atoms with Gasteiger partial charge < -0.3 is 5.11 Å². The average molecular weight is 300 g/mol. The summed E-state index contributed by atoms with van der Waals surface area (Å²) in [7, 11) is 0. The first kappa shape index (κ1) is 14.2. The molecule has 0 bridgehead atoms. The van der Waals surface area contributed by atoms with Crippen molar-refractivity contribution in [2.24, 2.45) is 0 Å². The molecule has 1 rings (SSSR count). The Morgan fingerprint density at radius 3 is 2.53 bits per heavy atom. The minimum Gasteiger partial charge on any atom is -0.478 e. The fraction of sp³-hybridized carbons (Fsp3) is 0.462. The van der Waals surface area contributed by atoms with Crippen LogP contribution in [0.4, 0.5) is 0 Å². The lowest BCUT2D eigenvalue weighted by molar-refractivity contribution is 0.0696. The number of nitrogens with zero attached hydrogens (tertiary/aromatic N) is 1. The van der Waals surface area contributed by atoms with E-state index < -0.39 is 5.97 Å². The van der Waals surface area contributed by atoms with E-state index >= 15 is 0 Å². The first-order chi connectivity index (χ1) is 7.95. The lowest BCUT2D eigenvalue weighted by Crippen LogP contribution is -2.30. The fourth-order valence-electron chi connectivity index (χ4n) is 1.69. The van der Waals surface area contributed by atoms with Gasteiger partial charge in [0, 0.05) is 17.1 Å². The third kappa shape index (κ3) is 3.82. The fourth-order valence-corrected chi connectivity index (χ4v) is 2.19. The topological polar surface area (TPSA) is 40.5 Å². The van der Waals surface area contributed by atoms with Crippen molar-refractivity contribution in [3.8, 4) is 0 Å². The summed E-state index contributed by atoms with van der Waals surface area (Å²) >= 11 is 3.43. The van der Waals surface area contributed by atoms with Gasteiger partial charge in [-0.3, -0.25) is 4.90 Å². The third-order valence-corrected chi connectivity index (χ3v) is 3.55. The van der Waals surface area contributed by atoms with Gasteiger partial charge in [-0.05, 0) is 38.1 Å². The average Bonchev–Trinajstić information content (AvgIpc) is 2.26.